The first-order valence-corrected chi connectivity index (χ1v) is 8.96. The molecule has 0 radical (unpaired) electrons. The Morgan fingerprint density at radius 2 is 1.89 bits per heavy atom. The summed E-state index contributed by atoms with van der Waals surface area (Å²) in [5.74, 6) is -0.452. The van der Waals surface area contributed by atoms with Gasteiger partial charge in [0, 0.05) is 16.1 Å². The van der Waals surface area contributed by atoms with E-state index in [0.29, 0.717) is 22.2 Å². The van der Waals surface area contributed by atoms with Crippen LogP contribution in [-0.4, -0.2) is 27.3 Å². The molecule has 0 aliphatic rings. The zero-order valence-corrected chi connectivity index (χ0v) is 16.1. The molecule has 5 nitrogen and oxygen atoms in total. The molecule has 1 aromatic heterocycles. The highest BCUT2D eigenvalue weighted by molar-refractivity contribution is 6.36. The lowest BCUT2D eigenvalue weighted by molar-refractivity contribution is 0.0944. The molecule has 0 unspecified atom stereocenters. The van der Waals surface area contributed by atoms with Gasteiger partial charge in [0.25, 0.3) is 5.91 Å². The first-order chi connectivity index (χ1) is 12.8. The quantitative estimate of drug-likeness (QED) is 0.589. The van der Waals surface area contributed by atoms with Crippen molar-refractivity contribution in [1.29, 1.82) is 0 Å². The van der Waals surface area contributed by atoms with Crippen molar-refractivity contribution in [2.45, 2.75) is 13.8 Å². The number of halogens is 3. The van der Waals surface area contributed by atoms with E-state index >= 15 is 0 Å². The van der Waals surface area contributed by atoms with Crippen LogP contribution in [0.1, 0.15) is 24.2 Å². The normalized spacial score (nSPS) is 11.0. The van der Waals surface area contributed by atoms with Crippen LogP contribution >= 0.6 is 23.2 Å². The van der Waals surface area contributed by atoms with E-state index in [0.717, 1.165) is 4.68 Å². The van der Waals surface area contributed by atoms with Crippen LogP contribution in [0.5, 0.6) is 6.01 Å². The number of ether oxygens (including phenoxy) is 1. The van der Waals surface area contributed by atoms with Crippen molar-refractivity contribution in [3.63, 3.8) is 0 Å². The molecular formula is C19H16Cl2FN3O2. The zero-order chi connectivity index (χ0) is 19.6. The molecule has 2 aromatic carbocycles. The lowest BCUT2D eigenvalue weighted by Gasteiger charge is -2.06. The number of carbonyl (C=O) groups is 1. The fourth-order valence-corrected chi connectivity index (χ4v) is 2.79. The van der Waals surface area contributed by atoms with E-state index in [-0.39, 0.29) is 23.3 Å². The fraction of sp³-hybridized carbons (Fsp3) is 0.211. The number of benzene rings is 2. The molecule has 140 valence electrons. The third-order valence-electron chi connectivity index (χ3n) is 3.59. The molecule has 27 heavy (non-hydrogen) atoms. The van der Waals surface area contributed by atoms with Crippen molar-refractivity contribution in [3.8, 4) is 17.4 Å². The number of hydrogen-bond donors (Lipinski definition) is 0. The van der Waals surface area contributed by atoms with E-state index in [4.69, 9.17) is 27.9 Å². The maximum atomic E-state index is 13.2. The number of aromatic nitrogens is 3. The van der Waals surface area contributed by atoms with Gasteiger partial charge in [-0.2, -0.15) is 9.67 Å². The minimum absolute atomic E-state index is 0.0557. The fourth-order valence-electron chi connectivity index (χ4n) is 2.30. The van der Waals surface area contributed by atoms with Gasteiger partial charge in [-0.1, -0.05) is 37.0 Å². The van der Waals surface area contributed by atoms with Crippen molar-refractivity contribution >= 4 is 29.1 Å². The molecule has 0 aliphatic heterocycles. The molecule has 3 rings (SSSR count). The average Bonchev–Trinajstić information content (AvgIpc) is 3.04. The van der Waals surface area contributed by atoms with Crippen LogP contribution < -0.4 is 4.74 Å². The van der Waals surface area contributed by atoms with Crippen LogP contribution in [0.4, 0.5) is 4.39 Å². The summed E-state index contributed by atoms with van der Waals surface area (Å²) in [4.78, 5) is 17.2. The second-order valence-corrected chi connectivity index (χ2v) is 7.11. The molecule has 0 N–H and O–H groups in total. The van der Waals surface area contributed by atoms with Crippen LogP contribution in [0.15, 0.2) is 42.5 Å². The van der Waals surface area contributed by atoms with Crippen LogP contribution in [0.2, 0.25) is 10.0 Å². The van der Waals surface area contributed by atoms with Gasteiger partial charge in [0.05, 0.1) is 11.6 Å². The summed E-state index contributed by atoms with van der Waals surface area (Å²) in [6, 6.07) is 10.1. The van der Waals surface area contributed by atoms with E-state index in [9.17, 15) is 9.18 Å². The SMILES string of the molecule is CC(C)COc1nc(-c2ccc(Cl)cc2Cl)n(C(=O)c2ccc(F)cc2)n1. The van der Waals surface area contributed by atoms with E-state index in [1.807, 2.05) is 13.8 Å². The number of rotatable bonds is 5. The minimum atomic E-state index is -0.483. The third-order valence-corrected chi connectivity index (χ3v) is 4.14. The Morgan fingerprint density at radius 3 is 2.52 bits per heavy atom. The Labute approximate surface area is 165 Å². The number of carbonyl (C=O) groups excluding carboxylic acids is 1. The molecule has 8 heteroatoms. The maximum Gasteiger partial charge on any atom is 0.336 e. The summed E-state index contributed by atoms with van der Waals surface area (Å²) in [5, 5.41) is 4.94. The molecule has 0 saturated carbocycles. The van der Waals surface area contributed by atoms with Crippen molar-refractivity contribution < 1.29 is 13.9 Å². The van der Waals surface area contributed by atoms with Crippen LogP contribution in [0.25, 0.3) is 11.4 Å². The lowest BCUT2D eigenvalue weighted by Crippen LogP contribution is -2.15. The molecule has 0 aliphatic carbocycles. The smallest absolute Gasteiger partial charge is 0.336 e. The standard InChI is InChI=1S/C19H16Cl2FN3O2/c1-11(2)10-27-19-23-17(15-8-5-13(20)9-16(15)21)25(24-19)18(26)12-3-6-14(22)7-4-12/h3-9,11H,10H2,1-2H3. The molecule has 3 aromatic rings. The molecule has 0 atom stereocenters. The predicted octanol–water partition coefficient (Wildman–Crippen LogP) is 5.11. The van der Waals surface area contributed by atoms with Crippen LogP contribution in [0, 0.1) is 11.7 Å². The molecule has 0 spiro atoms. The van der Waals surface area contributed by atoms with Gasteiger partial charge in [-0.25, -0.2) is 4.39 Å². The van der Waals surface area contributed by atoms with Gasteiger partial charge in [0.15, 0.2) is 5.82 Å². The van der Waals surface area contributed by atoms with Gasteiger partial charge in [-0.05, 0) is 48.4 Å². The Balaban J connectivity index is 2.07. The molecule has 1 heterocycles. The van der Waals surface area contributed by atoms with E-state index in [2.05, 4.69) is 10.1 Å². The topological polar surface area (TPSA) is 57.0 Å². The summed E-state index contributed by atoms with van der Waals surface area (Å²) in [5.41, 5.74) is 0.728. The molecule has 0 bridgehead atoms. The van der Waals surface area contributed by atoms with Crippen LogP contribution in [-0.2, 0) is 0 Å². The average molecular weight is 408 g/mol. The highest BCUT2D eigenvalue weighted by Gasteiger charge is 2.22. The highest BCUT2D eigenvalue weighted by atomic mass is 35.5. The summed E-state index contributed by atoms with van der Waals surface area (Å²) in [7, 11) is 0. The van der Waals surface area contributed by atoms with Crippen molar-refractivity contribution in [1.82, 2.24) is 14.8 Å². The second-order valence-electron chi connectivity index (χ2n) is 6.27. The van der Waals surface area contributed by atoms with Crippen molar-refractivity contribution in [2.24, 2.45) is 5.92 Å². The zero-order valence-electron chi connectivity index (χ0n) is 14.6. The van der Waals surface area contributed by atoms with Crippen molar-refractivity contribution in [3.05, 3.63) is 63.9 Å². The number of nitrogens with zero attached hydrogens (tertiary/aromatic N) is 3. The Bertz CT molecular complexity index is 972. The Hall–Kier alpha value is -2.44. The van der Waals surface area contributed by atoms with E-state index in [1.165, 1.54) is 24.3 Å². The Kier molecular flexibility index (Phi) is 5.77. The summed E-state index contributed by atoms with van der Waals surface area (Å²) in [6.07, 6.45) is 0. The maximum absolute atomic E-state index is 13.2. The largest absolute Gasteiger partial charge is 0.462 e. The molecular weight excluding hydrogens is 392 g/mol. The summed E-state index contributed by atoms with van der Waals surface area (Å²) in [6.45, 7) is 4.36. The number of hydrogen-bond acceptors (Lipinski definition) is 4. The molecule has 0 saturated heterocycles. The van der Waals surface area contributed by atoms with Crippen molar-refractivity contribution in [2.75, 3.05) is 6.61 Å². The van der Waals surface area contributed by atoms with Gasteiger partial charge >= 0.3 is 6.01 Å². The summed E-state index contributed by atoms with van der Waals surface area (Å²) < 4.78 is 19.8. The van der Waals surface area contributed by atoms with Gasteiger partial charge in [-0.3, -0.25) is 4.79 Å². The lowest BCUT2D eigenvalue weighted by atomic mass is 10.2. The third kappa shape index (κ3) is 4.46. The van der Waals surface area contributed by atoms with Gasteiger partial charge in [0.2, 0.25) is 0 Å². The van der Waals surface area contributed by atoms with E-state index in [1.54, 1.807) is 18.2 Å². The first kappa shape index (κ1) is 19.3. The van der Waals surface area contributed by atoms with E-state index < -0.39 is 11.7 Å². The summed E-state index contributed by atoms with van der Waals surface area (Å²) >= 11 is 12.2. The molecule has 0 fully saturated rings. The van der Waals surface area contributed by atoms with Gasteiger partial charge < -0.3 is 4.74 Å². The second kappa shape index (κ2) is 8.06. The Morgan fingerprint density at radius 1 is 1.19 bits per heavy atom. The van der Waals surface area contributed by atoms with Gasteiger partial charge in [-0.15, -0.1) is 5.10 Å². The minimum Gasteiger partial charge on any atom is -0.462 e. The highest BCUT2D eigenvalue weighted by Crippen LogP contribution is 2.30. The first-order valence-electron chi connectivity index (χ1n) is 8.20. The molecule has 0 amide bonds. The monoisotopic (exact) mass is 407 g/mol. The predicted molar refractivity (Wildman–Crippen MR) is 102 cm³/mol. The van der Waals surface area contributed by atoms with Crippen LogP contribution in [0.3, 0.4) is 0 Å². The van der Waals surface area contributed by atoms with Gasteiger partial charge in [0.1, 0.15) is 5.82 Å².